The molecule has 0 spiro atoms. The van der Waals surface area contributed by atoms with E-state index in [0.717, 1.165) is 0 Å². The Hall–Kier alpha value is -2.32. The van der Waals surface area contributed by atoms with Crippen molar-refractivity contribution in [3.8, 4) is 0 Å². The molecule has 0 aliphatic carbocycles. The molecule has 0 aromatic heterocycles. The van der Waals surface area contributed by atoms with Gasteiger partial charge >= 0.3 is 7.32 Å². The zero-order chi connectivity index (χ0) is 21.3. The van der Waals surface area contributed by atoms with Crippen LogP contribution in [0.3, 0.4) is 0 Å². The third-order valence-corrected chi connectivity index (χ3v) is 3.34. The summed E-state index contributed by atoms with van der Waals surface area (Å²) in [5, 5.41) is 9.26. The molecule has 152 valence electrons. The molecule has 0 unspecified atom stereocenters. The lowest BCUT2D eigenvalue weighted by molar-refractivity contribution is 0.113. The number of halogens is 10. The predicted molar refractivity (Wildman–Crippen MR) is 70.0 cm³/mol. The van der Waals surface area contributed by atoms with Gasteiger partial charge in [-0.1, -0.05) is 0 Å². The van der Waals surface area contributed by atoms with Gasteiger partial charge in [0.25, 0.3) is 0 Å². The third kappa shape index (κ3) is 3.93. The van der Waals surface area contributed by atoms with Gasteiger partial charge in [-0.2, -0.15) is 0 Å². The van der Waals surface area contributed by atoms with Crippen molar-refractivity contribution < 1.29 is 58.2 Å². The van der Waals surface area contributed by atoms with Crippen LogP contribution >= 0.6 is 0 Å². The highest BCUT2D eigenvalue weighted by Crippen LogP contribution is 2.25. The molecule has 0 radical (unpaired) electrons. The highest BCUT2D eigenvalue weighted by atomic mass is 19.2. The fourth-order valence-electron chi connectivity index (χ4n) is 1.91. The fraction of sp³-hybridized carbons (Fsp3) is 0.143. The summed E-state index contributed by atoms with van der Waals surface area (Å²) >= 11 is 0. The van der Waals surface area contributed by atoms with E-state index in [1.165, 1.54) is 0 Å². The van der Waals surface area contributed by atoms with E-state index < -0.39 is 89.8 Å². The summed E-state index contributed by atoms with van der Waals surface area (Å²) in [5.74, 6) is -23.2. The van der Waals surface area contributed by atoms with Crippen molar-refractivity contribution in [3.63, 3.8) is 0 Å². The largest absolute Gasteiger partial charge is 0.637 e. The smallest absolute Gasteiger partial charge is 0.402 e. The van der Waals surface area contributed by atoms with Gasteiger partial charge in [-0.3, -0.25) is 0 Å². The first-order valence-electron chi connectivity index (χ1n) is 6.90. The highest BCUT2D eigenvalue weighted by Gasteiger charge is 2.29. The maximum Gasteiger partial charge on any atom is 0.637 e. The number of rotatable bonds is 6. The molecule has 28 heavy (non-hydrogen) atoms. The lowest BCUT2D eigenvalue weighted by atomic mass is 10.1. The molecule has 0 aliphatic heterocycles. The predicted octanol–water partition coefficient (Wildman–Crippen LogP) is 3.79. The van der Waals surface area contributed by atoms with Crippen molar-refractivity contribution in [3.05, 3.63) is 69.3 Å². The second-order valence-corrected chi connectivity index (χ2v) is 5.03. The van der Waals surface area contributed by atoms with Crippen molar-refractivity contribution in [2.75, 3.05) is 0 Å². The minimum Gasteiger partial charge on any atom is -0.402 e. The van der Waals surface area contributed by atoms with Crippen LogP contribution in [0.25, 0.3) is 0 Å². The maximum absolute atomic E-state index is 13.4. The van der Waals surface area contributed by atoms with Crippen LogP contribution in [0.2, 0.25) is 0 Å². The Morgan fingerprint density at radius 3 is 0.929 bits per heavy atom. The Bertz CT molecular complexity index is 792. The van der Waals surface area contributed by atoms with Crippen molar-refractivity contribution in [1.82, 2.24) is 0 Å². The molecular formula is C14H5BF10O3. The minimum absolute atomic E-state index is 1.45. The van der Waals surface area contributed by atoms with E-state index >= 15 is 0 Å². The molecule has 3 nitrogen and oxygen atoms in total. The molecule has 2 rings (SSSR count). The Morgan fingerprint density at radius 1 is 0.464 bits per heavy atom. The summed E-state index contributed by atoms with van der Waals surface area (Å²) in [6, 6.07) is 0. The number of benzene rings is 2. The molecule has 2 aromatic carbocycles. The van der Waals surface area contributed by atoms with Crippen LogP contribution in [0.15, 0.2) is 0 Å². The number of hydrogen-bond donors (Lipinski definition) is 1. The highest BCUT2D eigenvalue weighted by molar-refractivity contribution is 6.34. The molecule has 0 saturated carbocycles. The van der Waals surface area contributed by atoms with Crippen LogP contribution in [-0.4, -0.2) is 12.3 Å². The Balaban J connectivity index is 2.11. The molecular weight excluding hydrogens is 417 g/mol. The first-order valence-corrected chi connectivity index (χ1v) is 6.90. The lowest BCUT2D eigenvalue weighted by Gasteiger charge is -2.12. The molecule has 0 atom stereocenters. The van der Waals surface area contributed by atoms with Crippen LogP contribution in [-0.2, 0) is 22.5 Å². The van der Waals surface area contributed by atoms with E-state index in [2.05, 4.69) is 9.31 Å². The average molecular weight is 422 g/mol. The van der Waals surface area contributed by atoms with Crippen molar-refractivity contribution >= 4 is 7.32 Å². The van der Waals surface area contributed by atoms with Crippen molar-refractivity contribution in [1.29, 1.82) is 0 Å². The third-order valence-electron chi connectivity index (χ3n) is 3.34. The van der Waals surface area contributed by atoms with Gasteiger partial charge in [0.2, 0.25) is 11.6 Å². The molecule has 0 bridgehead atoms. The summed E-state index contributed by atoms with van der Waals surface area (Å²) in [4.78, 5) is 0. The van der Waals surface area contributed by atoms with E-state index in [9.17, 15) is 48.9 Å². The van der Waals surface area contributed by atoms with Gasteiger partial charge in [0, 0.05) is 0 Å². The van der Waals surface area contributed by atoms with E-state index in [4.69, 9.17) is 0 Å². The SMILES string of the molecule is OB(OCc1c(F)c(F)c(F)c(F)c1F)OCc1c(F)c(F)c(F)c(F)c1F. The monoisotopic (exact) mass is 422 g/mol. The molecule has 0 amide bonds. The minimum atomic E-state index is -2.59. The van der Waals surface area contributed by atoms with Crippen LogP contribution < -0.4 is 0 Å². The van der Waals surface area contributed by atoms with Crippen LogP contribution in [0.4, 0.5) is 43.9 Å². The molecule has 1 N–H and O–H groups in total. The Morgan fingerprint density at radius 2 is 0.679 bits per heavy atom. The van der Waals surface area contributed by atoms with Gasteiger partial charge in [0.05, 0.1) is 24.3 Å². The molecule has 0 saturated heterocycles. The Kier molecular flexibility index (Phi) is 6.57. The Labute approximate surface area is 149 Å². The molecule has 14 heteroatoms. The standard InChI is InChI=1S/C14H5BF10O3/c16-5-3(6(17)10(21)13(24)9(5)20)1-27-15(26)28-2-4-7(18)11(22)14(25)12(23)8(4)19/h26H,1-2H2. The lowest BCUT2D eigenvalue weighted by Crippen LogP contribution is -2.24. The molecule has 0 fully saturated rings. The van der Waals surface area contributed by atoms with Crippen molar-refractivity contribution in [2.45, 2.75) is 13.2 Å². The first-order chi connectivity index (χ1) is 13.0. The van der Waals surface area contributed by atoms with Gasteiger partial charge in [0.1, 0.15) is 0 Å². The quantitative estimate of drug-likeness (QED) is 0.334. The number of hydrogen-bond acceptors (Lipinski definition) is 3. The van der Waals surface area contributed by atoms with E-state index in [1.54, 1.807) is 0 Å². The van der Waals surface area contributed by atoms with Gasteiger partial charge in [-0.25, -0.2) is 43.9 Å². The zero-order valence-corrected chi connectivity index (χ0v) is 13.0. The zero-order valence-electron chi connectivity index (χ0n) is 13.0. The van der Waals surface area contributed by atoms with Crippen LogP contribution in [0.1, 0.15) is 11.1 Å². The summed E-state index contributed by atoms with van der Waals surface area (Å²) in [6.07, 6.45) is 0. The van der Waals surface area contributed by atoms with Crippen LogP contribution in [0, 0.1) is 58.2 Å². The summed E-state index contributed by atoms with van der Waals surface area (Å²) in [5.41, 5.74) is -3.01. The van der Waals surface area contributed by atoms with Gasteiger partial charge < -0.3 is 14.3 Å². The topological polar surface area (TPSA) is 38.7 Å². The van der Waals surface area contributed by atoms with Gasteiger partial charge in [-0.15, -0.1) is 0 Å². The van der Waals surface area contributed by atoms with Gasteiger partial charge in [-0.05, 0) is 0 Å². The normalized spacial score (nSPS) is 11.2. The van der Waals surface area contributed by atoms with Crippen LogP contribution in [0.5, 0.6) is 0 Å². The van der Waals surface area contributed by atoms with Gasteiger partial charge in [0.15, 0.2) is 46.5 Å². The second-order valence-electron chi connectivity index (χ2n) is 5.03. The molecule has 0 aliphatic rings. The van der Waals surface area contributed by atoms with E-state index in [-0.39, 0.29) is 0 Å². The average Bonchev–Trinajstić information content (AvgIpc) is 2.67. The van der Waals surface area contributed by atoms with E-state index in [1.807, 2.05) is 0 Å². The fourth-order valence-corrected chi connectivity index (χ4v) is 1.91. The van der Waals surface area contributed by atoms with Crippen molar-refractivity contribution in [2.24, 2.45) is 0 Å². The second kappa shape index (κ2) is 8.37. The summed E-state index contributed by atoms with van der Waals surface area (Å²) in [7, 11) is -2.59. The first kappa shape index (κ1) is 22.0. The summed E-state index contributed by atoms with van der Waals surface area (Å²) < 4.78 is 140. The maximum atomic E-state index is 13.4. The summed E-state index contributed by atoms with van der Waals surface area (Å²) in [6.45, 7) is -2.91. The molecule has 2 aromatic rings. The molecule has 0 heterocycles. The van der Waals surface area contributed by atoms with E-state index in [0.29, 0.717) is 0 Å².